The number of rotatable bonds is 5. The molecule has 62 valence electrons. The predicted octanol–water partition coefficient (Wildman–Crippen LogP) is 0.644. The second-order valence-electron chi connectivity index (χ2n) is 2.22. The summed E-state index contributed by atoms with van der Waals surface area (Å²) in [5.41, 5.74) is 6.48. The molecule has 3 nitrogen and oxygen atoms in total. The molecule has 1 aromatic heterocycles. The molecule has 0 fully saturated rings. The lowest BCUT2D eigenvalue weighted by atomic mass is 10.3. The molecule has 0 radical (unpaired) electrons. The zero-order valence-corrected chi connectivity index (χ0v) is 7.23. The van der Waals surface area contributed by atoms with Crippen LogP contribution in [0.2, 0.25) is 0 Å². The van der Waals surface area contributed by atoms with Crippen molar-refractivity contribution in [1.29, 1.82) is 0 Å². The van der Waals surface area contributed by atoms with E-state index in [4.69, 9.17) is 5.73 Å². The Labute approximate surface area is 70.8 Å². The Balaban J connectivity index is 2.04. The van der Waals surface area contributed by atoms with Crippen LogP contribution in [0.25, 0.3) is 0 Å². The molecule has 4 heteroatoms. The zero-order valence-electron chi connectivity index (χ0n) is 6.42. The van der Waals surface area contributed by atoms with Crippen LogP contribution in [0.4, 0.5) is 0 Å². The van der Waals surface area contributed by atoms with Gasteiger partial charge in [0.05, 0.1) is 5.69 Å². The van der Waals surface area contributed by atoms with E-state index >= 15 is 0 Å². The first-order valence-corrected chi connectivity index (χ1v) is 4.85. The molecule has 0 aliphatic carbocycles. The van der Waals surface area contributed by atoms with Gasteiger partial charge in [0, 0.05) is 24.9 Å². The van der Waals surface area contributed by atoms with E-state index in [1.807, 2.05) is 24.0 Å². The molecule has 0 aromatic carbocycles. The number of nitrogens with two attached hydrogens (primary N) is 1. The smallest absolute Gasteiger partial charge is 0.0630 e. The van der Waals surface area contributed by atoms with Gasteiger partial charge in [-0.1, -0.05) is 0 Å². The number of aryl methyl sites for hydroxylation is 1. The molecule has 1 heterocycles. The average Bonchev–Trinajstić information content (AvgIpc) is 2.50. The highest BCUT2D eigenvalue weighted by Gasteiger charge is 1.93. The zero-order chi connectivity index (χ0) is 7.94. The Morgan fingerprint density at radius 2 is 2.45 bits per heavy atom. The van der Waals surface area contributed by atoms with Crippen LogP contribution in [-0.2, 0) is 6.42 Å². The molecule has 3 N–H and O–H groups in total. The Morgan fingerprint density at radius 3 is 3.09 bits per heavy atom. The molecule has 0 saturated carbocycles. The van der Waals surface area contributed by atoms with Crippen LogP contribution in [-0.4, -0.2) is 28.2 Å². The number of nitrogens with zero attached hydrogens (tertiary/aromatic N) is 1. The van der Waals surface area contributed by atoms with E-state index in [1.165, 1.54) is 0 Å². The van der Waals surface area contributed by atoms with E-state index in [2.05, 4.69) is 10.2 Å². The molecule has 0 aliphatic heterocycles. The Kier molecular flexibility index (Phi) is 4.08. The maximum atomic E-state index is 5.35. The number of aromatic amines is 1. The summed E-state index contributed by atoms with van der Waals surface area (Å²) in [5, 5.41) is 6.83. The molecule has 1 aromatic rings. The fourth-order valence-electron chi connectivity index (χ4n) is 0.792. The predicted molar refractivity (Wildman–Crippen MR) is 48.7 cm³/mol. The van der Waals surface area contributed by atoms with Gasteiger partial charge in [0.1, 0.15) is 0 Å². The van der Waals surface area contributed by atoms with Crippen molar-refractivity contribution in [3.8, 4) is 0 Å². The summed E-state index contributed by atoms with van der Waals surface area (Å²) in [7, 11) is 0. The minimum absolute atomic E-state index is 0.769. The van der Waals surface area contributed by atoms with Crippen LogP contribution in [0.15, 0.2) is 12.3 Å². The third kappa shape index (κ3) is 3.43. The summed E-state index contributed by atoms with van der Waals surface area (Å²) in [6.07, 6.45) is 2.89. The van der Waals surface area contributed by atoms with Gasteiger partial charge in [-0.3, -0.25) is 5.10 Å². The standard InChI is InChI=1S/C7H13N3S/c8-3-6-11-5-2-7-1-4-9-10-7/h1,4H,2-3,5-6,8H2,(H,9,10). The van der Waals surface area contributed by atoms with Crippen molar-refractivity contribution in [2.75, 3.05) is 18.1 Å². The number of H-pyrrole nitrogens is 1. The number of aromatic nitrogens is 2. The molecule has 0 amide bonds. The molecule has 11 heavy (non-hydrogen) atoms. The van der Waals surface area contributed by atoms with Gasteiger partial charge in [-0.05, 0) is 11.8 Å². The molecule has 1 rings (SSSR count). The van der Waals surface area contributed by atoms with Crippen molar-refractivity contribution in [1.82, 2.24) is 10.2 Å². The van der Waals surface area contributed by atoms with Crippen molar-refractivity contribution in [3.05, 3.63) is 18.0 Å². The summed E-state index contributed by atoms with van der Waals surface area (Å²) >= 11 is 1.87. The van der Waals surface area contributed by atoms with Gasteiger partial charge in [-0.2, -0.15) is 16.9 Å². The van der Waals surface area contributed by atoms with E-state index < -0.39 is 0 Å². The lowest BCUT2D eigenvalue weighted by Gasteiger charge is -1.95. The van der Waals surface area contributed by atoms with Gasteiger partial charge in [-0.15, -0.1) is 0 Å². The van der Waals surface area contributed by atoms with Gasteiger partial charge in [0.15, 0.2) is 0 Å². The highest BCUT2D eigenvalue weighted by Crippen LogP contribution is 2.02. The third-order valence-corrected chi connectivity index (χ3v) is 2.34. The lowest BCUT2D eigenvalue weighted by Crippen LogP contribution is -2.02. The third-order valence-electron chi connectivity index (χ3n) is 1.32. The Hall–Kier alpha value is -0.480. The second-order valence-corrected chi connectivity index (χ2v) is 3.44. The topological polar surface area (TPSA) is 54.7 Å². The van der Waals surface area contributed by atoms with Gasteiger partial charge in [0.2, 0.25) is 0 Å². The van der Waals surface area contributed by atoms with Crippen LogP contribution >= 0.6 is 11.8 Å². The van der Waals surface area contributed by atoms with E-state index in [0.29, 0.717) is 0 Å². The Morgan fingerprint density at radius 1 is 1.55 bits per heavy atom. The van der Waals surface area contributed by atoms with Crippen molar-refractivity contribution >= 4 is 11.8 Å². The molecule has 0 bridgehead atoms. The van der Waals surface area contributed by atoms with Crippen molar-refractivity contribution in [2.24, 2.45) is 5.73 Å². The number of hydrogen-bond donors (Lipinski definition) is 2. The van der Waals surface area contributed by atoms with Crippen molar-refractivity contribution in [2.45, 2.75) is 6.42 Å². The average molecular weight is 171 g/mol. The van der Waals surface area contributed by atoms with Crippen LogP contribution < -0.4 is 5.73 Å². The van der Waals surface area contributed by atoms with Crippen LogP contribution in [0.3, 0.4) is 0 Å². The van der Waals surface area contributed by atoms with E-state index in [1.54, 1.807) is 0 Å². The molecule has 0 saturated heterocycles. The first-order chi connectivity index (χ1) is 5.43. The summed E-state index contributed by atoms with van der Waals surface area (Å²) < 4.78 is 0. The molecular formula is C7H13N3S. The van der Waals surface area contributed by atoms with E-state index in [0.717, 1.165) is 30.2 Å². The second kappa shape index (κ2) is 5.21. The van der Waals surface area contributed by atoms with E-state index in [9.17, 15) is 0 Å². The van der Waals surface area contributed by atoms with Crippen LogP contribution in [0, 0.1) is 0 Å². The minimum atomic E-state index is 0.769. The molecule has 0 spiro atoms. The largest absolute Gasteiger partial charge is 0.330 e. The summed E-state index contributed by atoms with van der Waals surface area (Å²) in [5.74, 6) is 2.16. The number of thioether (sulfide) groups is 1. The molecule has 0 unspecified atom stereocenters. The SMILES string of the molecule is NCCSCCc1cc[nH]n1. The monoisotopic (exact) mass is 171 g/mol. The summed E-state index contributed by atoms with van der Waals surface area (Å²) in [6, 6.07) is 2.00. The summed E-state index contributed by atoms with van der Waals surface area (Å²) in [4.78, 5) is 0. The molecule has 0 aliphatic rings. The fraction of sp³-hybridized carbons (Fsp3) is 0.571. The quantitative estimate of drug-likeness (QED) is 0.639. The van der Waals surface area contributed by atoms with Gasteiger partial charge in [0.25, 0.3) is 0 Å². The fourth-order valence-corrected chi connectivity index (χ4v) is 1.52. The highest BCUT2D eigenvalue weighted by molar-refractivity contribution is 7.99. The minimum Gasteiger partial charge on any atom is -0.330 e. The number of hydrogen-bond acceptors (Lipinski definition) is 3. The van der Waals surface area contributed by atoms with Gasteiger partial charge < -0.3 is 5.73 Å². The first-order valence-electron chi connectivity index (χ1n) is 3.70. The maximum absolute atomic E-state index is 5.35. The maximum Gasteiger partial charge on any atom is 0.0630 e. The van der Waals surface area contributed by atoms with Crippen molar-refractivity contribution < 1.29 is 0 Å². The Bertz CT molecular complexity index is 174. The van der Waals surface area contributed by atoms with Gasteiger partial charge >= 0.3 is 0 Å². The normalized spacial score (nSPS) is 10.3. The van der Waals surface area contributed by atoms with Crippen LogP contribution in [0.5, 0.6) is 0 Å². The first kappa shape index (κ1) is 8.62. The summed E-state index contributed by atoms with van der Waals surface area (Å²) in [6.45, 7) is 0.769. The molecular weight excluding hydrogens is 158 g/mol. The van der Waals surface area contributed by atoms with E-state index in [-0.39, 0.29) is 0 Å². The molecule has 0 atom stereocenters. The highest BCUT2D eigenvalue weighted by atomic mass is 32.2. The van der Waals surface area contributed by atoms with Crippen molar-refractivity contribution in [3.63, 3.8) is 0 Å². The lowest BCUT2D eigenvalue weighted by molar-refractivity contribution is 0.980. The number of nitrogens with one attached hydrogen (secondary N) is 1. The van der Waals surface area contributed by atoms with Gasteiger partial charge in [-0.25, -0.2) is 0 Å². The van der Waals surface area contributed by atoms with Crippen LogP contribution in [0.1, 0.15) is 5.69 Å².